The molecule has 0 saturated carbocycles. The zero-order valence-corrected chi connectivity index (χ0v) is 8.89. The Morgan fingerprint density at radius 3 is 2.46 bits per heavy atom. The molecule has 1 fully saturated rings. The molecule has 1 rings (SSSR count). The Morgan fingerprint density at radius 1 is 1.54 bits per heavy atom. The molecule has 13 heavy (non-hydrogen) atoms. The number of cyclic esters (lactones) is 1. The third kappa shape index (κ3) is 1.52. The molecule has 0 aromatic heterocycles. The maximum Gasteiger partial charge on any atom is 0.408 e. The van der Waals surface area contributed by atoms with Crippen molar-refractivity contribution < 1.29 is 9.53 Å². The summed E-state index contributed by atoms with van der Waals surface area (Å²) in [6, 6.07) is 0.171. The predicted octanol–water partition coefficient (Wildman–Crippen LogP) is 2.31. The Morgan fingerprint density at radius 2 is 2.15 bits per heavy atom. The van der Waals surface area contributed by atoms with Crippen LogP contribution in [0.5, 0.6) is 0 Å². The van der Waals surface area contributed by atoms with Gasteiger partial charge in [0.25, 0.3) is 0 Å². The number of nitrogens with one attached hydrogen (secondary N) is 1. The second-order valence-corrected chi connectivity index (χ2v) is 3.96. The highest BCUT2D eigenvalue weighted by Crippen LogP contribution is 2.35. The van der Waals surface area contributed by atoms with E-state index < -0.39 is 0 Å². The van der Waals surface area contributed by atoms with Crippen molar-refractivity contribution in [3.05, 3.63) is 0 Å². The van der Waals surface area contributed by atoms with Crippen molar-refractivity contribution in [2.75, 3.05) is 0 Å². The molecule has 76 valence electrons. The smallest absolute Gasteiger partial charge is 0.408 e. The lowest BCUT2D eigenvalue weighted by Gasteiger charge is -2.34. The summed E-state index contributed by atoms with van der Waals surface area (Å²) in [6.45, 7) is 8.36. The van der Waals surface area contributed by atoms with Gasteiger partial charge in [0.1, 0.15) is 5.60 Å². The van der Waals surface area contributed by atoms with Crippen LogP contribution in [0.2, 0.25) is 0 Å². The Kier molecular flexibility index (Phi) is 2.84. The molecule has 1 saturated heterocycles. The first-order valence-corrected chi connectivity index (χ1v) is 5.06. The van der Waals surface area contributed by atoms with Crippen molar-refractivity contribution >= 4 is 6.09 Å². The van der Waals surface area contributed by atoms with E-state index >= 15 is 0 Å². The van der Waals surface area contributed by atoms with Gasteiger partial charge < -0.3 is 10.1 Å². The van der Waals surface area contributed by atoms with Crippen molar-refractivity contribution in [3.8, 4) is 0 Å². The summed E-state index contributed by atoms with van der Waals surface area (Å²) < 4.78 is 5.41. The summed E-state index contributed by atoms with van der Waals surface area (Å²) in [4.78, 5) is 11.2. The van der Waals surface area contributed by atoms with E-state index in [1.54, 1.807) is 0 Å². The van der Waals surface area contributed by atoms with Crippen molar-refractivity contribution in [3.63, 3.8) is 0 Å². The summed E-state index contributed by atoms with van der Waals surface area (Å²) in [6.07, 6.45) is 1.54. The van der Waals surface area contributed by atoms with Crippen molar-refractivity contribution in [1.29, 1.82) is 0 Å². The Labute approximate surface area is 79.8 Å². The number of ether oxygens (including phenoxy) is 1. The van der Waals surface area contributed by atoms with Gasteiger partial charge >= 0.3 is 6.09 Å². The topological polar surface area (TPSA) is 38.3 Å². The molecule has 1 aliphatic rings. The fourth-order valence-corrected chi connectivity index (χ4v) is 2.23. The van der Waals surface area contributed by atoms with Crippen LogP contribution >= 0.6 is 0 Å². The van der Waals surface area contributed by atoms with Crippen LogP contribution in [0, 0.1) is 5.92 Å². The van der Waals surface area contributed by atoms with Crippen LogP contribution in [0.15, 0.2) is 0 Å². The van der Waals surface area contributed by atoms with E-state index in [2.05, 4.69) is 33.0 Å². The highest BCUT2D eigenvalue weighted by atomic mass is 16.6. The highest BCUT2D eigenvalue weighted by Gasteiger charge is 2.48. The molecule has 0 bridgehead atoms. The van der Waals surface area contributed by atoms with E-state index in [1.165, 1.54) is 0 Å². The molecular formula is C10H19NO2. The fraction of sp³-hybridized carbons (Fsp3) is 0.900. The van der Waals surface area contributed by atoms with Gasteiger partial charge in [-0.25, -0.2) is 4.79 Å². The van der Waals surface area contributed by atoms with Gasteiger partial charge in [-0.05, 0) is 18.8 Å². The SMILES string of the molecule is CCC1NC(=O)OC1(CC)C(C)C. The first-order chi connectivity index (χ1) is 6.06. The second-order valence-electron chi connectivity index (χ2n) is 3.96. The lowest BCUT2D eigenvalue weighted by atomic mass is 9.80. The van der Waals surface area contributed by atoms with E-state index in [-0.39, 0.29) is 17.7 Å². The van der Waals surface area contributed by atoms with E-state index in [9.17, 15) is 4.79 Å². The minimum Gasteiger partial charge on any atom is -0.440 e. The fourth-order valence-electron chi connectivity index (χ4n) is 2.23. The van der Waals surface area contributed by atoms with E-state index in [0.29, 0.717) is 5.92 Å². The number of amides is 1. The average Bonchev–Trinajstić information content (AvgIpc) is 2.42. The molecule has 1 amide bonds. The van der Waals surface area contributed by atoms with Crippen LogP contribution in [0.1, 0.15) is 40.5 Å². The highest BCUT2D eigenvalue weighted by molar-refractivity contribution is 5.71. The largest absolute Gasteiger partial charge is 0.440 e. The van der Waals surface area contributed by atoms with Crippen molar-refractivity contribution in [2.24, 2.45) is 5.92 Å². The van der Waals surface area contributed by atoms with Crippen LogP contribution in [0.4, 0.5) is 4.79 Å². The summed E-state index contributed by atoms with van der Waals surface area (Å²) in [7, 11) is 0. The normalized spacial score (nSPS) is 33.3. The lowest BCUT2D eigenvalue weighted by molar-refractivity contribution is -0.00766. The number of alkyl carbamates (subject to hydrolysis) is 1. The van der Waals surface area contributed by atoms with Crippen LogP contribution in [0.3, 0.4) is 0 Å². The molecule has 0 radical (unpaired) electrons. The van der Waals surface area contributed by atoms with E-state index in [1.807, 2.05) is 0 Å². The van der Waals surface area contributed by atoms with Gasteiger partial charge in [-0.15, -0.1) is 0 Å². The number of carbonyl (C=O) groups is 1. The minimum atomic E-state index is -0.286. The molecule has 2 unspecified atom stereocenters. The quantitative estimate of drug-likeness (QED) is 0.732. The van der Waals surface area contributed by atoms with Gasteiger partial charge in [0.2, 0.25) is 0 Å². The molecular weight excluding hydrogens is 166 g/mol. The number of hydrogen-bond acceptors (Lipinski definition) is 2. The summed E-state index contributed by atoms with van der Waals surface area (Å²) in [5.74, 6) is 0.362. The summed E-state index contributed by atoms with van der Waals surface area (Å²) in [5, 5.41) is 2.87. The Bertz CT molecular complexity index is 203. The molecule has 3 heteroatoms. The molecule has 1 aliphatic heterocycles. The van der Waals surface area contributed by atoms with E-state index in [4.69, 9.17) is 4.74 Å². The maximum atomic E-state index is 11.2. The molecule has 0 aromatic rings. The third-order valence-corrected chi connectivity index (χ3v) is 3.10. The Hall–Kier alpha value is -0.730. The number of rotatable bonds is 3. The van der Waals surface area contributed by atoms with Gasteiger partial charge in [0, 0.05) is 0 Å². The van der Waals surface area contributed by atoms with Gasteiger partial charge in [0.15, 0.2) is 0 Å². The molecule has 0 aliphatic carbocycles. The van der Waals surface area contributed by atoms with Gasteiger partial charge in [-0.3, -0.25) is 0 Å². The van der Waals surface area contributed by atoms with Crippen LogP contribution in [0.25, 0.3) is 0 Å². The lowest BCUT2D eigenvalue weighted by Crippen LogP contribution is -2.46. The zero-order valence-electron chi connectivity index (χ0n) is 8.89. The first-order valence-electron chi connectivity index (χ1n) is 5.06. The Balaban J connectivity index is 2.89. The standard InChI is InChI=1S/C10H19NO2/c1-5-8-10(6-2,7(3)4)13-9(12)11-8/h7-8H,5-6H2,1-4H3,(H,11,12). The monoisotopic (exact) mass is 185 g/mol. The second kappa shape index (κ2) is 3.56. The first kappa shape index (κ1) is 10.4. The number of hydrogen-bond donors (Lipinski definition) is 1. The van der Waals surface area contributed by atoms with Crippen LogP contribution in [-0.2, 0) is 4.74 Å². The summed E-state index contributed by atoms with van der Waals surface area (Å²) in [5.41, 5.74) is -0.286. The van der Waals surface area contributed by atoms with Crippen molar-refractivity contribution in [2.45, 2.75) is 52.2 Å². The molecule has 0 spiro atoms. The van der Waals surface area contributed by atoms with Gasteiger partial charge in [0.05, 0.1) is 6.04 Å². The molecule has 0 aromatic carbocycles. The maximum absolute atomic E-state index is 11.2. The average molecular weight is 185 g/mol. The zero-order chi connectivity index (χ0) is 10.1. The number of carbonyl (C=O) groups excluding carboxylic acids is 1. The van der Waals surface area contributed by atoms with Crippen LogP contribution < -0.4 is 5.32 Å². The van der Waals surface area contributed by atoms with E-state index in [0.717, 1.165) is 12.8 Å². The van der Waals surface area contributed by atoms with Gasteiger partial charge in [-0.1, -0.05) is 27.7 Å². The molecule has 1 N–H and O–H groups in total. The molecule has 1 heterocycles. The molecule has 2 atom stereocenters. The third-order valence-electron chi connectivity index (χ3n) is 3.10. The summed E-state index contributed by atoms with van der Waals surface area (Å²) >= 11 is 0. The minimum absolute atomic E-state index is 0.171. The molecule has 3 nitrogen and oxygen atoms in total. The van der Waals surface area contributed by atoms with Crippen molar-refractivity contribution in [1.82, 2.24) is 5.32 Å². The van der Waals surface area contributed by atoms with Gasteiger partial charge in [-0.2, -0.15) is 0 Å². The van der Waals surface area contributed by atoms with Crippen LogP contribution in [-0.4, -0.2) is 17.7 Å². The predicted molar refractivity (Wildman–Crippen MR) is 51.6 cm³/mol.